The van der Waals surface area contributed by atoms with Gasteiger partial charge >= 0.3 is 0 Å². The fourth-order valence-corrected chi connectivity index (χ4v) is 2.56. The summed E-state index contributed by atoms with van der Waals surface area (Å²) >= 11 is 0. The molecule has 1 atom stereocenters. The van der Waals surface area contributed by atoms with Crippen LogP contribution >= 0.6 is 0 Å². The molecular weight excluding hydrogens is 254 g/mol. The normalized spacial score (nSPS) is 20.8. The van der Waals surface area contributed by atoms with Crippen LogP contribution in [0.4, 0.5) is 0 Å². The molecule has 0 saturated carbocycles. The lowest BCUT2D eigenvalue weighted by Gasteiger charge is -2.21. The van der Waals surface area contributed by atoms with E-state index < -0.39 is 0 Å². The molecule has 1 aliphatic rings. The van der Waals surface area contributed by atoms with Crippen molar-refractivity contribution in [3.63, 3.8) is 0 Å². The zero-order valence-corrected chi connectivity index (χ0v) is 11.9. The lowest BCUT2D eigenvalue weighted by atomic mass is 10.1. The second-order valence-electron chi connectivity index (χ2n) is 5.36. The SMILES string of the molecule is Cc1ccc(-c2noc(C3CCCCCN3C)n2)nn1. The van der Waals surface area contributed by atoms with Gasteiger partial charge in [0.15, 0.2) is 0 Å². The van der Waals surface area contributed by atoms with Crippen LogP contribution in [0.25, 0.3) is 11.5 Å². The van der Waals surface area contributed by atoms with E-state index in [1.807, 2.05) is 19.1 Å². The molecule has 106 valence electrons. The lowest BCUT2D eigenvalue weighted by molar-refractivity contribution is 0.198. The van der Waals surface area contributed by atoms with Gasteiger partial charge in [-0.25, -0.2) is 0 Å². The van der Waals surface area contributed by atoms with Crippen LogP contribution in [0.1, 0.15) is 43.3 Å². The number of likely N-dealkylation sites (tertiary alicyclic amines) is 1. The minimum atomic E-state index is 0.220. The van der Waals surface area contributed by atoms with Gasteiger partial charge in [0.2, 0.25) is 11.7 Å². The van der Waals surface area contributed by atoms with Crippen LogP contribution in [0.5, 0.6) is 0 Å². The topological polar surface area (TPSA) is 67.9 Å². The van der Waals surface area contributed by atoms with Crippen LogP contribution in [0.2, 0.25) is 0 Å². The highest BCUT2D eigenvalue weighted by atomic mass is 16.5. The Bertz CT molecular complexity index is 565. The maximum absolute atomic E-state index is 5.44. The van der Waals surface area contributed by atoms with Gasteiger partial charge in [0.05, 0.1) is 11.7 Å². The molecule has 0 spiro atoms. The summed E-state index contributed by atoms with van der Waals surface area (Å²) in [4.78, 5) is 6.80. The molecule has 0 bridgehead atoms. The van der Waals surface area contributed by atoms with Crippen LogP contribution < -0.4 is 0 Å². The van der Waals surface area contributed by atoms with Crippen molar-refractivity contribution in [2.45, 2.75) is 38.6 Å². The maximum Gasteiger partial charge on any atom is 0.244 e. The number of aryl methyl sites for hydroxylation is 1. The molecule has 3 heterocycles. The molecule has 0 N–H and O–H groups in total. The Kier molecular flexibility index (Phi) is 3.73. The molecule has 1 saturated heterocycles. The summed E-state index contributed by atoms with van der Waals surface area (Å²) < 4.78 is 5.44. The first kappa shape index (κ1) is 13.2. The van der Waals surface area contributed by atoms with Gasteiger partial charge in [-0.05, 0) is 45.5 Å². The summed E-state index contributed by atoms with van der Waals surface area (Å²) in [7, 11) is 2.12. The first-order valence-electron chi connectivity index (χ1n) is 7.08. The maximum atomic E-state index is 5.44. The van der Waals surface area contributed by atoms with Gasteiger partial charge in [0.25, 0.3) is 0 Å². The van der Waals surface area contributed by atoms with Crippen molar-refractivity contribution < 1.29 is 4.52 Å². The van der Waals surface area contributed by atoms with Crippen molar-refractivity contribution in [1.82, 2.24) is 25.2 Å². The van der Waals surface area contributed by atoms with E-state index in [4.69, 9.17) is 4.52 Å². The molecule has 0 amide bonds. The Morgan fingerprint density at radius 2 is 2.10 bits per heavy atom. The van der Waals surface area contributed by atoms with E-state index in [-0.39, 0.29) is 6.04 Å². The van der Waals surface area contributed by atoms with Gasteiger partial charge in [-0.1, -0.05) is 18.0 Å². The zero-order valence-electron chi connectivity index (χ0n) is 11.9. The smallest absolute Gasteiger partial charge is 0.244 e. The molecule has 6 nitrogen and oxygen atoms in total. The molecule has 2 aromatic heterocycles. The minimum Gasteiger partial charge on any atom is -0.337 e. The molecule has 20 heavy (non-hydrogen) atoms. The molecule has 1 unspecified atom stereocenters. The van der Waals surface area contributed by atoms with Crippen molar-refractivity contribution in [3.05, 3.63) is 23.7 Å². The molecule has 1 fully saturated rings. The largest absolute Gasteiger partial charge is 0.337 e. The second-order valence-corrected chi connectivity index (χ2v) is 5.36. The van der Waals surface area contributed by atoms with Crippen LogP contribution in [0.15, 0.2) is 16.7 Å². The van der Waals surface area contributed by atoms with Gasteiger partial charge in [-0.15, -0.1) is 5.10 Å². The number of hydrogen-bond acceptors (Lipinski definition) is 6. The van der Waals surface area contributed by atoms with Crippen molar-refractivity contribution in [2.75, 3.05) is 13.6 Å². The monoisotopic (exact) mass is 273 g/mol. The Balaban J connectivity index is 1.83. The third kappa shape index (κ3) is 2.70. The number of nitrogens with zero attached hydrogens (tertiary/aromatic N) is 5. The predicted octanol–water partition coefficient (Wildman–Crippen LogP) is 2.38. The summed E-state index contributed by atoms with van der Waals surface area (Å²) in [6, 6.07) is 3.99. The highest BCUT2D eigenvalue weighted by molar-refractivity contribution is 5.46. The predicted molar refractivity (Wildman–Crippen MR) is 73.9 cm³/mol. The van der Waals surface area contributed by atoms with Gasteiger partial charge in [-0.3, -0.25) is 4.90 Å². The fourth-order valence-electron chi connectivity index (χ4n) is 2.56. The first-order valence-corrected chi connectivity index (χ1v) is 7.08. The third-order valence-electron chi connectivity index (χ3n) is 3.77. The van der Waals surface area contributed by atoms with Gasteiger partial charge in [-0.2, -0.15) is 10.1 Å². The lowest BCUT2D eigenvalue weighted by Crippen LogP contribution is -2.24. The van der Waals surface area contributed by atoms with Crippen molar-refractivity contribution in [3.8, 4) is 11.5 Å². The molecule has 0 radical (unpaired) electrons. The summed E-state index contributed by atoms with van der Waals surface area (Å²) in [5.74, 6) is 1.21. The van der Waals surface area contributed by atoms with Crippen LogP contribution in [-0.2, 0) is 0 Å². The quantitative estimate of drug-likeness (QED) is 0.836. The van der Waals surface area contributed by atoms with Crippen LogP contribution in [-0.4, -0.2) is 38.8 Å². The molecule has 6 heteroatoms. The number of rotatable bonds is 2. The van der Waals surface area contributed by atoms with E-state index in [9.17, 15) is 0 Å². The molecule has 3 rings (SSSR count). The molecule has 2 aromatic rings. The average molecular weight is 273 g/mol. The van der Waals surface area contributed by atoms with Crippen LogP contribution in [0, 0.1) is 6.92 Å². The Morgan fingerprint density at radius 3 is 2.90 bits per heavy atom. The van der Waals surface area contributed by atoms with E-state index in [1.165, 1.54) is 19.3 Å². The minimum absolute atomic E-state index is 0.220. The summed E-state index contributed by atoms with van der Waals surface area (Å²) in [6.45, 7) is 2.98. The molecule has 0 aromatic carbocycles. The third-order valence-corrected chi connectivity index (χ3v) is 3.77. The fraction of sp³-hybridized carbons (Fsp3) is 0.571. The highest BCUT2D eigenvalue weighted by Crippen LogP contribution is 2.28. The molecular formula is C14H19N5O. The van der Waals surface area contributed by atoms with E-state index in [0.29, 0.717) is 17.4 Å². The Hall–Kier alpha value is -1.82. The van der Waals surface area contributed by atoms with Gasteiger partial charge in [0, 0.05) is 0 Å². The molecule has 1 aliphatic heterocycles. The van der Waals surface area contributed by atoms with E-state index in [1.54, 1.807) is 0 Å². The zero-order chi connectivity index (χ0) is 13.9. The Morgan fingerprint density at radius 1 is 1.20 bits per heavy atom. The highest BCUT2D eigenvalue weighted by Gasteiger charge is 2.25. The van der Waals surface area contributed by atoms with Crippen molar-refractivity contribution in [2.24, 2.45) is 0 Å². The van der Waals surface area contributed by atoms with Crippen LogP contribution in [0.3, 0.4) is 0 Å². The molecule has 0 aliphatic carbocycles. The summed E-state index contributed by atoms with van der Waals surface area (Å²) in [6.07, 6.45) is 4.78. The Labute approximate surface area is 118 Å². The van der Waals surface area contributed by atoms with E-state index >= 15 is 0 Å². The second kappa shape index (κ2) is 5.66. The van der Waals surface area contributed by atoms with E-state index in [2.05, 4.69) is 32.3 Å². The first-order chi connectivity index (χ1) is 9.74. The van der Waals surface area contributed by atoms with Crippen molar-refractivity contribution >= 4 is 0 Å². The summed E-state index contributed by atoms with van der Waals surface area (Å²) in [5, 5.41) is 12.2. The number of aromatic nitrogens is 4. The summed E-state index contributed by atoms with van der Waals surface area (Å²) in [5.41, 5.74) is 1.53. The van der Waals surface area contributed by atoms with E-state index in [0.717, 1.165) is 18.7 Å². The average Bonchev–Trinajstić information content (AvgIpc) is 2.83. The van der Waals surface area contributed by atoms with Gasteiger partial charge < -0.3 is 4.52 Å². The standard InChI is InChI=1S/C14H19N5O/c1-10-7-8-11(17-16-10)13-15-14(20-18-13)12-6-4-3-5-9-19(12)2/h7-8,12H,3-6,9H2,1-2H3. The van der Waals surface area contributed by atoms with Gasteiger partial charge in [0.1, 0.15) is 5.69 Å². The van der Waals surface area contributed by atoms with Crippen molar-refractivity contribution in [1.29, 1.82) is 0 Å². The number of hydrogen-bond donors (Lipinski definition) is 0.